The van der Waals surface area contributed by atoms with E-state index in [0.717, 1.165) is 23.3 Å². The van der Waals surface area contributed by atoms with Crippen molar-refractivity contribution < 1.29 is 13.5 Å². The van der Waals surface area contributed by atoms with E-state index in [0.29, 0.717) is 11.7 Å². The first kappa shape index (κ1) is 24.3. The van der Waals surface area contributed by atoms with Gasteiger partial charge in [0, 0.05) is 0 Å². The molecule has 0 heterocycles. The molecule has 3 rings (SSSR count). The third-order valence-electron chi connectivity index (χ3n) is 7.66. The van der Waals surface area contributed by atoms with E-state index >= 15 is 0 Å². The lowest BCUT2D eigenvalue weighted by molar-refractivity contribution is 0.0819. The molecule has 1 nitrogen and oxygen atoms in total. The molecule has 2 saturated carbocycles. The average Bonchev–Trinajstić information content (AvgIpc) is 2.80. The highest BCUT2D eigenvalue weighted by atomic mass is 19.3. The molecular formula is C28H42F2O. The van der Waals surface area contributed by atoms with Gasteiger partial charge in [-0.2, -0.15) is 0 Å². The molecule has 174 valence electrons. The predicted molar refractivity (Wildman–Crippen MR) is 127 cm³/mol. The van der Waals surface area contributed by atoms with Gasteiger partial charge >= 0.3 is 0 Å². The molecule has 0 bridgehead atoms. The Morgan fingerprint density at radius 1 is 0.871 bits per heavy atom. The number of benzene rings is 1. The minimum atomic E-state index is -2.43. The van der Waals surface area contributed by atoms with E-state index in [1.807, 2.05) is 12.1 Å². The number of alkyl halides is 2. The molecule has 0 N–H and O–H groups in total. The maximum Gasteiger partial charge on any atom is 0.272 e. The number of ether oxygens (including phenoxy) is 1. The highest BCUT2D eigenvalue weighted by Gasteiger charge is 2.30. The minimum absolute atomic E-state index is 0.508. The molecule has 3 heteroatoms. The van der Waals surface area contributed by atoms with E-state index in [1.54, 1.807) is 12.1 Å². The van der Waals surface area contributed by atoms with E-state index in [4.69, 9.17) is 4.74 Å². The first-order chi connectivity index (χ1) is 15.1. The second kappa shape index (κ2) is 13.2. The molecule has 0 unspecified atom stereocenters. The number of hydrogen-bond acceptors (Lipinski definition) is 1. The van der Waals surface area contributed by atoms with Gasteiger partial charge in [-0.15, -0.1) is 0 Å². The van der Waals surface area contributed by atoms with Crippen molar-refractivity contribution in [2.24, 2.45) is 23.7 Å². The van der Waals surface area contributed by atoms with Crippen LogP contribution in [0, 0.1) is 23.7 Å². The second-order valence-electron chi connectivity index (χ2n) is 9.94. The fourth-order valence-corrected chi connectivity index (χ4v) is 5.70. The van der Waals surface area contributed by atoms with Crippen molar-refractivity contribution >= 4 is 6.08 Å². The third kappa shape index (κ3) is 8.58. The fraction of sp³-hybridized carbons (Fsp3) is 0.714. The van der Waals surface area contributed by atoms with Gasteiger partial charge in [0.1, 0.15) is 12.4 Å². The van der Waals surface area contributed by atoms with Crippen LogP contribution in [0.4, 0.5) is 8.78 Å². The normalized spacial score (nSPS) is 27.1. The lowest BCUT2D eigenvalue weighted by Gasteiger charge is -2.37. The van der Waals surface area contributed by atoms with Gasteiger partial charge in [0.05, 0.1) is 0 Å². The topological polar surface area (TPSA) is 9.23 Å². The Hall–Kier alpha value is -1.38. The van der Waals surface area contributed by atoms with Gasteiger partial charge in [-0.05, 0) is 79.9 Å². The first-order valence-corrected chi connectivity index (χ1v) is 12.8. The van der Waals surface area contributed by atoms with Crippen molar-refractivity contribution in [3.8, 4) is 5.75 Å². The Kier molecular flexibility index (Phi) is 10.4. The van der Waals surface area contributed by atoms with E-state index in [9.17, 15) is 8.78 Å². The van der Waals surface area contributed by atoms with Crippen molar-refractivity contribution in [1.29, 1.82) is 0 Å². The van der Waals surface area contributed by atoms with E-state index in [-0.39, 0.29) is 0 Å². The van der Waals surface area contributed by atoms with Gasteiger partial charge in [0.2, 0.25) is 0 Å². The Morgan fingerprint density at radius 2 is 1.52 bits per heavy atom. The Labute approximate surface area is 188 Å². The zero-order valence-corrected chi connectivity index (χ0v) is 19.4. The summed E-state index contributed by atoms with van der Waals surface area (Å²) in [4.78, 5) is 0. The minimum Gasteiger partial charge on any atom is -0.488 e. The van der Waals surface area contributed by atoms with Crippen LogP contribution in [0.15, 0.2) is 30.3 Å². The fourth-order valence-electron chi connectivity index (χ4n) is 5.70. The Morgan fingerprint density at radius 3 is 2.13 bits per heavy atom. The van der Waals surface area contributed by atoms with Crippen LogP contribution < -0.4 is 4.74 Å². The summed E-state index contributed by atoms with van der Waals surface area (Å²) in [6.45, 7) is 1.75. The zero-order valence-electron chi connectivity index (χ0n) is 19.4. The van der Waals surface area contributed by atoms with Crippen LogP contribution in [0.25, 0.3) is 6.08 Å². The SMILES string of the molecule is CCCCCCC1CCC(C2CCC(C=Cc3ccc(OCC(F)F)cc3)CC2)CC1. The number of hydrogen-bond donors (Lipinski definition) is 0. The smallest absolute Gasteiger partial charge is 0.272 e. The highest BCUT2D eigenvalue weighted by Crippen LogP contribution is 2.42. The van der Waals surface area contributed by atoms with Crippen LogP contribution in [-0.2, 0) is 0 Å². The van der Waals surface area contributed by atoms with Gasteiger partial charge in [0.15, 0.2) is 0 Å². The van der Waals surface area contributed by atoms with Crippen LogP contribution in [0.3, 0.4) is 0 Å². The number of halogens is 2. The number of allylic oxidation sites excluding steroid dienone is 1. The summed E-state index contributed by atoms with van der Waals surface area (Å²) in [5.74, 6) is 4.14. The third-order valence-corrected chi connectivity index (χ3v) is 7.66. The molecule has 2 fully saturated rings. The Balaban J connectivity index is 1.33. The molecule has 2 aliphatic rings. The molecule has 0 spiro atoms. The van der Waals surface area contributed by atoms with Crippen molar-refractivity contribution in [1.82, 2.24) is 0 Å². The largest absolute Gasteiger partial charge is 0.488 e. The van der Waals surface area contributed by atoms with E-state index in [1.165, 1.54) is 83.5 Å². The lowest BCUT2D eigenvalue weighted by Crippen LogP contribution is -2.25. The van der Waals surface area contributed by atoms with Crippen LogP contribution in [0.5, 0.6) is 5.75 Å². The van der Waals surface area contributed by atoms with E-state index < -0.39 is 13.0 Å². The average molecular weight is 433 g/mol. The van der Waals surface area contributed by atoms with Gasteiger partial charge in [-0.25, -0.2) is 8.78 Å². The summed E-state index contributed by atoms with van der Waals surface area (Å²) in [6.07, 6.45) is 20.5. The summed E-state index contributed by atoms with van der Waals surface area (Å²) in [6, 6.07) is 7.45. The second-order valence-corrected chi connectivity index (χ2v) is 9.94. The molecule has 1 aromatic carbocycles. The Bertz CT molecular complexity index is 623. The van der Waals surface area contributed by atoms with Crippen LogP contribution in [0.1, 0.15) is 96.0 Å². The first-order valence-electron chi connectivity index (χ1n) is 12.8. The van der Waals surface area contributed by atoms with Gasteiger partial charge in [0.25, 0.3) is 6.43 Å². The maximum absolute atomic E-state index is 12.2. The molecule has 0 aliphatic heterocycles. The monoisotopic (exact) mass is 432 g/mol. The predicted octanol–water partition coefficient (Wildman–Crippen LogP) is 8.93. The summed E-state index contributed by atoms with van der Waals surface area (Å²) in [5, 5.41) is 0. The van der Waals surface area contributed by atoms with Crippen molar-refractivity contribution in [2.45, 2.75) is 96.8 Å². The summed E-state index contributed by atoms with van der Waals surface area (Å²) in [5.41, 5.74) is 1.11. The van der Waals surface area contributed by atoms with Crippen molar-refractivity contribution in [3.05, 3.63) is 35.9 Å². The van der Waals surface area contributed by atoms with Crippen LogP contribution in [0.2, 0.25) is 0 Å². The number of unbranched alkanes of at least 4 members (excludes halogenated alkanes) is 3. The molecule has 2 aliphatic carbocycles. The zero-order chi connectivity index (χ0) is 21.9. The van der Waals surface area contributed by atoms with Gasteiger partial charge < -0.3 is 4.74 Å². The summed E-state index contributed by atoms with van der Waals surface area (Å²) >= 11 is 0. The molecule has 0 amide bonds. The molecule has 0 atom stereocenters. The molecule has 31 heavy (non-hydrogen) atoms. The van der Waals surface area contributed by atoms with Crippen LogP contribution >= 0.6 is 0 Å². The molecule has 0 radical (unpaired) electrons. The van der Waals surface area contributed by atoms with Crippen LogP contribution in [-0.4, -0.2) is 13.0 Å². The summed E-state index contributed by atoms with van der Waals surface area (Å²) < 4.78 is 29.5. The van der Waals surface area contributed by atoms with Crippen molar-refractivity contribution in [2.75, 3.05) is 6.61 Å². The molecule has 1 aromatic rings. The van der Waals surface area contributed by atoms with Gasteiger partial charge in [-0.3, -0.25) is 0 Å². The number of rotatable bonds is 11. The molecule has 0 aromatic heterocycles. The van der Waals surface area contributed by atoms with Gasteiger partial charge in [-0.1, -0.05) is 76.2 Å². The quantitative estimate of drug-likeness (QED) is 0.317. The summed E-state index contributed by atoms with van der Waals surface area (Å²) in [7, 11) is 0. The lowest BCUT2D eigenvalue weighted by atomic mass is 9.68. The van der Waals surface area contributed by atoms with E-state index in [2.05, 4.69) is 19.1 Å². The molecular weight excluding hydrogens is 390 g/mol. The molecule has 0 saturated heterocycles. The maximum atomic E-state index is 12.2. The highest BCUT2D eigenvalue weighted by molar-refractivity contribution is 5.50. The van der Waals surface area contributed by atoms with Crippen molar-refractivity contribution in [3.63, 3.8) is 0 Å². The standard InChI is InChI=1S/C28H42F2O/c1-2-3-4-5-6-22-9-15-25(16-10-22)26-17-11-23(12-18-26)7-8-24-13-19-27(20-14-24)31-21-28(29)30/h7-8,13-14,19-20,22-23,25-26,28H,2-6,9-12,15-18,21H2,1H3.